The Morgan fingerprint density at radius 1 is 1.14 bits per heavy atom. The van der Waals surface area contributed by atoms with Gasteiger partial charge in [0.2, 0.25) is 0 Å². The fourth-order valence-electron chi connectivity index (χ4n) is 5.06. The van der Waals surface area contributed by atoms with Crippen LogP contribution in [0.4, 0.5) is 0 Å². The van der Waals surface area contributed by atoms with Crippen molar-refractivity contribution in [1.82, 2.24) is 25.4 Å². The number of ether oxygens (including phenoxy) is 1. The number of hydrogen-bond donors (Lipinski definition) is 2. The lowest BCUT2D eigenvalue weighted by Crippen LogP contribution is -2.66. The van der Waals surface area contributed by atoms with E-state index in [1.165, 1.54) is 32.1 Å². The van der Waals surface area contributed by atoms with Crippen LogP contribution in [0.5, 0.6) is 0 Å². The summed E-state index contributed by atoms with van der Waals surface area (Å²) < 4.78 is 8.08. The molecule has 0 aromatic carbocycles. The van der Waals surface area contributed by atoms with Gasteiger partial charge < -0.3 is 19.9 Å². The maximum absolute atomic E-state index is 6.06. The van der Waals surface area contributed by atoms with Gasteiger partial charge >= 0.3 is 0 Å². The summed E-state index contributed by atoms with van der Waals surface area (Å²) in [4.78, 5) is 4.92. The van der Waals surface area contributed by atoms with Crippen LogP contribution in [0.15, 0.2) is 4.99 Å². The first-order chi connectivity index (χ1) is 14.0. The smallest absolute Gasteiger partial charge is 0.192 e. The van der Waals surface area contributed by atoms with E-state index in [1.807, 2.05) is 18.5 Å². The maximum atomic E-state index is 6.06. The molecule has 1 aromatic heterocycles. The van der Waals surface area contributed by atoms with Crippen molar-refractivity contribution in [3.63, 3.8) is 0 Å². The predicted octanol–water partition coefficient (Wildman–Crippen LogP) is 3.48. The van der Waals surface area contributed by atoms with E-state index in [2.05, 4.69) is 41.6 Å². The summed E-state index contributed by atoms with van der Waals surface area (Å²) in [6.45, 7) is 9.96. The van der Waals surface area contributed by atoms with Gasteiger partial charge in [0.05, 0.1) is 6.10 Å². The first-order valence-corrected chi connectivity index (χ1v) is 11.6. The highest BCUT2D eigenvalue weighted by atomic mass is 16.5. The van der Waals surface area contributed by atoms with Crippen LogP contribution >= 0.6 is 0 Å². The SMILES string of the molecule is CCOC1CC(NC(=NCc2nnc(C)n2C)NC2CCCCC2)C1(CC)CC. The Morgan fingerprint density at radius 3 is 2.45 bits per heavy atom. The molecule has 29 heavy (non-hydrogen) atoms. The quantitative estimate of drug-likeness (QED) is 0.512. The molecule has 2 saturated carbocycles. The minimum Gasteiger partial charge on any atom is -0.378 e. The third-order valence-corrected chi connectivity index (χ3v) is 7.29. The van der Waals surface area contributed by atoms with Crippen LogP contribution in [-0.4, -0.2) is 45.5 Å². The Labute approximate surface area is 176 Å². The van der Waals surface area contributed by atoms with Gasteiger partial charge in [-0.05, 0) is 46.0 Å². The summed E-state index contributed by atoms with van der Waals surface area (Å²) in [5.74, 6) is 2.73. The second-order valence-electron chi connectivity index (χ2n) is 8.68. The molecule has 7 heteroatoms. The van der Waals surface area contributed by atoms with Gasteiger partial charge in [-0.15, -0.1) is 10.2 Å². The lowest BCUT2D eigenvalue weighted by molar-refractivity contribution is -0.133. The average Bonchev–Trinajstić information content (AvgIpc) is 3.05. The van der Waals surface area contributed by atoms with Crippen molar-refractivity contribution >= 4 is 5.96 Å². The molecule has 2 atom stereocenters. The summed E-state index contributed by atoms with van der Waals surface area (Å²) >= 11 is 0. The topological polar surface area (TPSA) is 76.4 Å². The second kappa shape index (κ2) is 9.92. The summed E-state index contributed by atoms with van der Waals surface area (Å²) in [6, 6.07) is 0.904. The Morgan fingerprint density at radius 2 is 1.86 bits per heavy atom. The van der Waals surface area contributed by atoms with Gasteiger partial charge in [0.25, 0.3) is 0 Å². The molecule has 1 heterocycles. The molecule has 3 rings (SSSR count). The van der Waals surface area contributed by atoms with Gasteiger partial charge in [0.1, 0.15) is 12.4 Å². The highest BCUT2D eigenvalue weighted by molar-refractivity contribution is 5.80. The van der Waals surface area contributed by atoms with Crippen molar-refractivity contribution in [3.05, 3.63) is 11.6 Å². The first kappa shape index (κ1) is 22.1. The van der Waals surface area contributed by atoms with Crippen LogP contribution in [0, 0.1) is 12.3 Å². The molecule has 2 N–H and O–H groups in total. The lowest BCUT2D eigenvalue weighted by Gasteiger charge is -2.55. The van der Waals surface area contributed by atoms with E-state index in [0.717, 1.165) is 43.5 Å². The number of hydrogen-bond acceptors (Lipinski definition) is 4. The van der Waals surface area contributed by atoms with Crippen LogP contribution in [0.25, 0.3) is 0 Å². The van der Waals surface area contributed by atoms with E-state index < -0.39 is 0 Å². The fourth-order valence-corrected chi connectivity index (χ4v) is 5.06. The minimum atomic E-state index is 0.187. The van der Waals surface area contributed by atoms with Gasteiger partial charge in [-0.1, -0.05) is 33.1 Å². The molecule has 0 aliphatic heterocycles. The zero-order valence-corrected chi connectivity index (χ0v) is 19.0. The molecular weight excluding hydrogens is 364 g/mol. The Bertz CT molecular complexity index is 675. The molecule has 1 aromatic rings. The van der Waals surface area contributed by atoms with Crippen LogP contribution in [0.2, 0.25) is 0 Å². The largest absolute Gasteiger partial charge is 0.378 e. The molecule has 0 bridgehead atoms. The molecule has 0 spiro atoms. The molecule has 2 unspecified atom stereocenters. The number of guanidine groups is 1. The van der Waals surface area contributed by atoms with E-state index in [4.69, 9.17) is 9.73 Å². The lowest BCUT2D eigenvalue weighted by atomic mass is 9.58. The van der Waals surface area contributed by atoms with Gasteiger partial charge in [0.15, 0.2) is 11.8 Å². The maximum Gasteiger partial charge on any atom is 0.192 e. The van der Waals surface area contributed by atoms with E-state index in [1.54, 1.807) is 0 Å². The van der Waals surface area contributed by atoms with Crippen LogP contribution in [0.3, 0.4) is 0 Å². The number of rotatable bonds is 8. The third kappa shape index (κ3) is 4.76. The van der Waals surface area contributed by atoms with Gasteiger partial charge in [-0.3, -0.25) is 0 Å². The normalized spacial score (nSPS) is 24.9. The number of nitrogens with one attached hydrogen (secondary N) is 2. The second-order valence-corrected chi connectivity index (χ2v) is 8.68. The number of aryl methyl sites for hydroxylation is 1. The highest BCUT2D eigenvalue weighted by Gasteiger charge is 2.53. The molecule has 7 nitrogen and oxygen atoms in total. The predicted molar refractivity (Wildman–Crippen MR) is 117 cm³/mol. The Hall–Kier alpha value is -1.63. The zero-order chi connectivity index (χ0) is 20.9. The van der Waals surface area contributed by atoms with Crippen LogP contribution < -0.4 is 10.6 Å². The first-order valence-electron chi connectivity index (χ1n) is 11.6. The summed E-state index contributed by atoms with van der Waals surface area (Å²) in [7, 11) is 2.00. The summed E-state index contributed by atoms with van der Waals surface area (Å²) in [6.07, 6.45) is 10.0. The van der Waals surface area contributed by atoms with E-state index in [0.29, 0.717) is 24.7 Å². The molecular formula is C22H40N6O. The molecule has 2 aliphatic rings. The van der Waals surface area contributed by atoms with Gasteiger partial charge in [0, 0.05) is 31.2 Å². The third-order valence-electron chi connectivity index (χ3n) is 7.29. The van der Waals surface area contributed by atoms with Crippen molar-refractivity contribution in [2.24, 2.45) is 17.5 Å². The number of aliphatic imine (C=N–C) groups is 1. The molecule has 164 valence electrons. The van der Waals surface area contributed by atoms with Gasteiger partial charge in [-0.25, -0.2) is 4.99 Å². The van der Waals surface area contributed by atoms with E-state index in [-0.39, 0.29) is 5.41 Å². The van der Waals surface area contributed by atoms with Crippen molar-refractivity contribution in [2.45, 2.75) is 104 Å². The average molecular weight is 405 g/mol. The van der Waals surface area contributed by atoms with Gasteiger partial charge in [-0.2, -0.15) is 0 Å². The van der Waals surface area contributed by atoms with Crippen molar-refractivity contribution in [1.29, 1.82) is 0 Å². The summed E-state index contributed by atoms with van der Waals surface area (Å²) in [5, 5.41) is 15.9. The van der Waals surface area contributed by atoms with Crippen molar-refractivity contribution in [3.8, 4) is 0 Å². The molecule has 0 saturated heterocycles. The fraction of sp³-hybridized carbons (Fsp3) is 0.864. The number of nitrogens with zero attached hydrogens (tertiary/aromatic N) is 4. The van der Waals surface area contributed by atoms with Crippen molar-refractivity contribution < 1.29 is 4.74 Å². The molecule has 2 aliphatic carbocycles. The monoisotopic (exact) mass is 404 g/mol. The molecule has 0 amide bonds. The summed E-state index contributed by atoms with van der Waals surface area (Å²) in [5.41, 5.74) is 0.187. The number of aromatic nitrogens is 3. The van der Waals surface area contributed by atoms with Crippen molar-refractivity contribution in [2.75, 3.05) is 6.61 Å². The Kier molecular flexibility index (Phi) is 7.55. The molecule has 0 radical (unpaired) electrons. The Balaban J connectivity index is 1.73. The van der Waals surface area contributed by atoms with Crippen LogP contribution in [-0.2, 0) is 18.3 Å². The van der Waals surface area contributed by atoms with E-state index in [9.17, 15) is 0 Å². The minimum absolute atomic E-state index is 0.187. The highest BCUT2D eigenvalue weighted by Crippen LogP contribution is 2.48. The van der Waals surface area contributed by atoms with E-state index >= 15 is 0 Å². The standard InChI is InChI=1S/C22H40N6O/c1-6-22(7-2)18(14-19(22)29-8-3)25-21(24-17-12-10-9-11-13-17)23-15-20-27-26-16(4)28(20)5/h17-19H,6-15H2,1-5H3,(H2,23,24,25). The molecule has 2 fully saturated rings. The van der Waals surface area contributed by atoms with Crippen LogP contribution in [0.1, 0.15) is 83.8 Å². The zero-order valence-electron chi connectivity index (χ0n) is 19.0.